The number of fused-ring (bicyclic) bond motifs is 1. The highest BCUT2D eigenvalue weighted by atomic mass is 19.1. The van der Waals surface area contributed by atoms with E-state index in [1.54, 1.807) is 23.9 Å². The number of hydrogen-bond acceptors (Lipinski definition) is 6. The summed E-state index contributed by atoms with van der Waals surface area (Å²) in [6, 6.07) is 5.47. The van der Waals surface area contributed by atoms with E-state index in [-0.39, 0.29) is 11.7 Å². The number of rotatable bonds is 6. The summed E-state index contributed by atoms with van der Waals surface area (Å²) in [7, 11) is 1.84. The van der Waals surface area contributed by atoms with Crippen molar-refractivity contribution < 1.29 is 9.18 Å². The van der Waals surface area contributed by atoms with Gasteiger partial charge in [-0.1, -0.05) is 6.07 Å². The van der Waals surface area contributed by atoms with Crippen LogP contribution in [0.4, 0.5) is 15.9 Å². The van der Waals surface area contributed by atoms with E-state index < -0.39 is 0 Å². The minimum atomic E-state index is -0.345. The SMILES string of the molecule is CC(=O)N1CCc2c(c(Nc3ccc(-c4cnn(C)c4)cc3F)nn2C2CCN(CC3CCNCC3)C2)C1. The number of carbonyl (C=O) groups is 1. The molecule has 6 rings (SSSR count). The van der Waals surface area contributed by atoms with Crippen LogP contribution in [0.1, 0.15) is 43.5 Å². The molecule has 2 saturated heterocycles. The fraction of sp³-hybridized carbons (Fsp3) is 0.536. The van der Waals surface area contributed by atoms with Crippen LogP contribution in [0.25, 0.3) is 11.1 Å². The second kappa shape index (κ2) is 10.5. The molecule has 3 aromatic rings. The van der Waals surface area contributed by atoms with Gasteiger partial charge in [-0.3, -0.25) is 14.2 Å². The van der Waals surface area contributed by atoms with Crippen LogP contribution >= 0.6 is 0 Å². The zero-order valence-corrected chi connectivity index (χ0v) is 22.3. The molecule has 202 valence electrons. The standard InChI is InChI=1S/C28H37FN8O/c1-19(38)36-12-8-27-24(18-36)28(32-26-4-3-21(13-25(26)29)22-14-31-34(2)16-22)33-37(27)23-7-11-35(17-23)15-20-5-9-30-10-6-20/h3-4,13-14,16,20,23,30H,5-12,15,17-18H2,1-2H3,(H,32,33). The molecule has 10 heteroatoms. The number of aromatic nitrogens is 4. The van der Waals surface area contributed by atoms with Crippen LogP contribution in [0.5, 0.6) is 0 Å². The van der Waals surface area contributed by atoms with Crippen molar-refractivity contribution in [3.05, 3.63) is 47.7 Å². The second-order valence-electron chi connectivity index (χ2n) is 11.0. The van der Waals surface area contributed by atoms with Crippen molar-refractivity contribution in [3.63, 3.8) is 0 Å². The number of benzene rings is 1. The van der Waals surface area contributed by atoms with E-state index in [4.69, 9.17) is 5.10 Å². The van der Waals surface area contributed by atoms with Gasteiger partial charge in [0, 0.05) is 69.6 Å². The number of piperidine rings is 1. The van der Waals surface area contributed by atoms with Gasteiger partial charge in [-0.25, -0.2) is 4.39 Å². The predicted molar refractivity (Wildman–Crippen MR) is 145 cm³/mol. The van der Waals surface area contributed by atoms with Gasteiger partial charge in [0.15, 0.2) is 5.82 Å². The Morgan fingerprint density at radius 2 is 2.03 bits per heavy atom. The van der Waals surface area contributed by atoms with Gasteiger partial charge in [-0.15, -0.1) is 0 Å². The van der Waals surface area contributed by atoms with E-state index in [2.05, 4.69) is 25.3 Å². The lowest BCUT2D eigenvalue weighted by Crippen LogP contribution is -2.36. The highest BCUT2D eigenvalue weighted by Crippen LogP contribution is 2.34. The molecular weight excluding hydrogens is 483 g/mol. The lowest BCUT2D eigenvalue weighted by atomic mass is 9.98. The average Bonchev–Trinajstić information content (AvgIpc) is 3.64. The molecule has 38 heavy (non-hydrogen) atoms. The van der Waals surface area contributed by atoms with Crippen molar-refractivity contribution in [3.8, 4) is 11.1 Å². The highest BCUT2D eigenvalue weighted by Gasteiger charge is 2.33. The van der Waals surface area contributed by atoms with E-state index in [1.807, 2.05) is 24.2 Å². The number of nitrogens with zero attached hydrogens (tertiary/aromatic N) is 6. The van der Waals surface area contributed by atoms with Gasteiger partial charge in [0.25, 0.3) is 0 Å². The third-order valence-electron chi connectivity index (χ3n) is 8.36. The Kier molecular flexibility index (Phi) is 6.92. The van der Waals surface area contributed by atoms with Crippen molar-refractivity contribution in [1.29, 1.82) is 0 Å². The summed E-state index contributed by atoms with van der Waals surface area (Å²) in [5.41, 5.74) is 4.19. The molecule has 2 fully saturated rings. The maximum Gasteiger partial charge on any atom is 0.219 e. The van der Waals surface area contributed by atoms with E-state index in [0.717, 1.165) is 68.2 Å². The molecule has 0 bridgehead atoms. The smallest absolute Gasteiger partial charge is 0.219 e. The number of nitrogens with one attached hydrogen (secondary N) is 2. The van der Waals surface area contributed by atoms with Gasteiger partial charge < -0.3 is 20.4 Å². The third kappa shape index (κ3) is 5.07. The van der Waals surface area contributed by atoms with Crippen LogP contribution in [-0.2, 0) is 24.8 Å². The maximum atomic E-state index is 15.2. The number of carbonyl (C=O) groups excluding carboxylic acids is 1. The van der Waals surface area contributed by atoms with Gasteiger partial charge in [0.1, 0.15) is 5.82 Å². The molecule has 5 heterocycles. The number of amides is 1. The molecule has 2 aromatic heterocycles. The molecular formula is C28H37FN8O. The van der Waals surface area contributed by atoms with Gasteiger partial charge in [-0.2, -0.15) is 10.2 Å². The molecule has 0 spiro atoms. The normalized spacial score (nSPS) is 20.6. The van der Waals surface area contributed by atoms with E-state index in [1.165, 1.54) is 24.6 Å². The van der Waals surface area contributed by atoms with E-state index in [9.17, 15) is 4.79 Å². The summed E-state index contributed by atoms with van der Waals surface area (Å²) >= 11 is 0. The summed E-state index contributed by atoms with van der Waals surface area (Å²) in [6.07, 6.45) is 7.91. The number of aryl methyl sites for hydroxylation is 1. The summed E-state index contributed by atoms with van der Waals surface area (Å²) in [5.74, 6) is 1.12. The summed E-state index contributed by atoms with van der Waals surface area (Å²) < 4.78 is 19.1. The largest absolute Gasteiger partial charge is 0.338 e. The highest BCUT2D eigenvalue weighted by molar-refractivity contribution is 5.74. The van der Waals surface area contributed by atoms with Gasteiger partial charge in [0.2, 0.25) is 5.91 Å². The number of anilines is 2. The second-order valence-corrected chi connectivity index (χ2v) is 11.0. The molecule has 0 aliphatic carbocycles. The fourth-order valence-corrected chi connectivity index (χ4v) is 6.22. The molecule has 1 unspecified atom stereocenters. The van der Waals surface area contributed by atoms with Crippen LogP contribution in [-0.4, -0.2) is 74.5 Å². The molecule has 9 nitrogen and oxygen atoms in total. The van der Waals surface area contributed by atoms with E-state index in [0.29, 0.717) is 30.6 Å². The zero-order chi connectivity index (χ0) is 26.2. The van der Waals surface area contributed by atoms with Crippen molar-refractivity contribution in [2.45, 2.75) is 45.2 Å². The van der Waals surface area contributed by atoms with Crippen LogP contribution < -0.4 is 10.6 Å². The minimum absolute atomic E-state index is 0.0513. The van der Waals surface area contributed by atoms with E-state index >= 15 is 4.39 Å². The Morgan fingerprint density at radius 1 is 1.18 bits per heavy atom. The minimum Gasteiger partial charge on any atom is -0.338 e. The molecule has 1 aromatic carbocycles. The summed E-state index contributed by atoms with van der Waals surface area (Å²) in [5, 5.41) is 15.9. The van der Waals surface area contributed by atoms with Gasteiger partial charge in [-0.05, 0) is 56.0 Å². The van der Waals surface area contributed by atoms with Gasteiger partial charge >= 0.3 is 0 Å². The Morgan fingerprint density at radius 3 is 2.76 bits per heavy atom. The molecule has 3 aliphatic rings. The molecule has 1 atom stereocenters. The Labute approximate surface area is 223 Å². The number of likely N-dealkylation sites (tertiary alicyclic amines) is 1. The predicted octanol–water partition coefficient (Wildman–Crippen LogP) is 3.32. The Balaban J connectivity index is 1.24. The quantitative estimate of drug-likeness (QED) is 0.519. The van der Waals surface area contributed by atoms with Crippen molar-refractivity contribution in [2.24, 2.45) is 13.0 Å². The first kappa shape index (κ1) is 25.1. The molecule has 0 radical (unpaired) electrons. The summed E-state index contributed by atoms with van der Waals surface area (Å²) in [6.45, 7) is 8.25. The zero-order valence-electron chi connectivity index (χ0n) is 22.3. The lowest BCUT2D eigenvalue weighted by molar-refractivity contribution is -0.129. The van der Waals surface area contributed by atoms with Crippen molar-refractivity contribution in [1.82, 2.24) is 34.7 Å². The monoisotopic (exact) mass is 520 g/mol. The molecule has 3 aliphatic heterocycles. The first-order valence-electron chi connectivity index (χ1n) is 13.8. The van der Waals surface area contributed by atoms with Crippen molar-refractivity contribution >= 4 is 17.4 Å². The molecule has 1 amide bonds. The maximum absolute atomic E-state index is 15.2. The first-order valence-corrected chi connectivity index (χ1v) is 13.8. The van der Waals surface area contributed by atoms with Crippen LogP contribution in [0, 0.1) is 11.7 Å². The number of hydrogen-bond donors (Lipinski definition) is 2. The average molecular weight is 521 g/mol. The van der Waals surface area contributed by atoms with Crippen molar-refractivity contribution in [2.75, 3.05) is 44.6 Å². The summed E-state index contributed by atoms with van der Waals surface area (Å²) in [4.78, 5) is 16.6. The first-order chi connectivity index (χ1) is 18.4. The Bertz CT molecular complexity index is 1310. The van der Waals surface area contributed by atoms with Crippen LogP contribution in [0.2, 0.25) is 0 Å². The molecule has 0 saturated carbocycles. The fourth-order valence-electron chi connectivity index (χ4n) is 6.22. The number of halogens is 1. The topological polar surface area (TPSA) is 83.2 Å². The van der Waals surface area contributed by atoms with Crippen LogP contribution in [0.15, 0.2) is 30.6 Å². The molecule has 2 N–H and O–H groups in total. The van der Waals surface area contributed by atoms with Gasteiger partial charge in [0.05, 0.1) is 24.5 Å². The lowest BCUT2D eigenvalue weighted by Gasteiger charge is -2.28. The Hall–Kier alpha value is -3.24. The van der Waals surface area contributed by atoms with Crippen LogP contribution in [0.3, 0.4) is 0 Å². The third-order valence-corrected chi connectivity index (χ3v) is 8.36.